The number of nitrogens with zero attached hydrogens (tertiary/aromatic N) is 2. The summed E-state index contributed by atoms with van der Waals surface area (Å²) < 4.78 is 40.6. The molecule has 1 aromatic heterocycles. The maximum atomic E-state index is 13.0. The van der Waals surface area contributed by atoms with Gasteiger partial charge in [-0.2, -0.15) is 13.2 Å². The quantitative estimate of drug-likeness (QED) is 0.745. The zero-order valence-electron chi connectivity index (χ0n) is 10.4. The van der Waals surface area contributed by atoms with Gasteiger partial charge in [-0.05, 0) is 31.5 Å². The summed E-state index contributed by atoms with van der Waals surface area (Å²) in [4.78, 5) is 4.10. The molecular weight excluding hydrogens is 321 g/mol. The zero-order chi connectivity index (χ0) is 14.2. The third-order valence-electron chi connectivity index (χ3n) is 3.07. The van der Waals surface area contributed by atoms with Gasteiger partial charge in [-0.15, -0.1) is 0 Å². The average Bonchev–Trinajstić information content (AvgIpc) is 2.68. The van der Waals surface area contributed by atoms with Crippen LogP contribution >= 0.6 is 15.9 Å². The van der Waals surface area contributed by atoms with Gasteiger partial charge in [0.2, 0.25) is 0 Å². The van der Waals surface area contributed by atoms with E-state index in [0.29, 0.717) is 5.69 Å². The Morgan fingerprint density at radius 3 is 2.42 bits per heavy atom. The molecule has 0 bridgehead atoms. The lowest BCUT2D eigenvalue weighted by Gasteiger charge is -2.14. The van der Waals surface area contributed by atoms with Gasteiger partial charge in [0.15, 0.2) is 0 Å². The van der Waals surface area contributed by atoms with Crippen molar-refractivity contribution in [3.63, 3.8) is 0 Å². The van der Waals surface area contributed by atoms with Gasteiger partial charge >= 0.3 is 6.18 Å². The van der Waals surface area contributed by atoms with Crippen LogP contribution in [0.3, 0.4) is 0 Å². The lowest BCUT2D eigenvalue weighted by Crippen LogP contribution is -2.10. The van der Waals surface area contributed by atoms with E-state index >= 15 is 0 Å². The van der Waals surface area contributed by atoms with Crippen LogP contribution < -0.4 is 0 Å². The number of halogens is 4. The Balaban J connectivity index is 2.58. The van der Waals surface area contributed by atoms with Crippen molar-refractivity contribution in [1.82, 2.24) is 9.55 Å². The minimum atomic E-state index is -4.36. The molecule has 1 heterocycles. The maximum Gasteiger partial charge on any atom is 0.416 e. The van der Waals surface area contributed by atoms with Crippen LogP contribution in [0.4, 0.5) is 13.2 Å². The number of benzene rings is 1. The lowest BCUT2D eigenvalue weighted by atomic mass is 10.1. The molecule has 0 aliphatic rings. The molecule has 0 atom stereocenters. The number of hydrogen-bond acceptors (Lipinski definition) is 1. The second-order valence-corrected chi connectivity index (χ2v) is 4.82. The van der Waals surface area contributed by atoms with Crippen LogP contribution in [0.15, 0.2) is 24.5 Å². The van der Waals surface area contributed by atoms with Crippen molar-refractivity contribution in [2.24, 2.45) is 0 Å². The number of aryl methyl sites for hydroxylation is 1. The van der Waals surface area contributed by atoms with E-state index in [1.165, 1.54) is 12.4 Å². The highest BCUT2D eigenvalue weighted by atomic mass is 79.9. The van der Waals surface area contributed by atoms with E-state index < -0.39 is 11.7 Å². The third-order valence-corrected chi connectivity index (χ3v) is 3.68. The van der Waals surface area contributed by atoms with Gasteiger partial charge in [0.25, 0.3) is 0 Å². The summed E-state index contributed by atoms with van der Waals surface area (Å²) in [5.41, 5.74) is 1.71. The van der Waals surface area contributed by atoms with Crippen LogP contribution in [-0.4, -0.2) is 9.55 Å². The van der Waals surface area contributed by atoms with Gasteiger partial charge in [0, 0.05) is 16.7 Å². The van der Waals surface area contributed by atoms with Crippen LogP contribution in [0.1, 0.15) is 22.5 Å². The van der Waals surface area contributed by atoms with E-state index in [2.05, 4.69) is 20.9 Å². The molecule has 19 heavy (non-hydrogen) atoms. The molecule has 0 amide bonds. The van der Waals surface area contributed by atoms with Crippen LogP contribution in [0, 0.1) is 13.8 Å². The summed E-state index contributed by atoms with van der Waals surface area (Å²) in [6.45, 7) is 3.65. The van der Waals surface area contributed by atoms with Gasteiger partial charge in [-0.1, -0.05) is 22.0 Å². The van der Waals surface area contributed by atoms with Crippen molar-refractivity contribution < 1.29 is 13.2 Å². The van der Waals surface area contributed by atoms with E-state index in [1.54, 1.807) is 10.6 Å². The van der Waals surface area contributed by atoms with E-state index in [1.807, 2.05) is 13.8 Å². The Morgan fingerprint density at radius 1 is 1.26 bits per heavy atom. The summed E-state index contributed by atoms with van der Waals surface area (Å²) in [7, 11) is 0. The molecule has 2 aromatic rings. The zero-order valence-corrected chi connectivity index (χ0v) is 12.0. The highest BCUT2D eigenvalue weighted by molar-refractivity contribution is 9.08. The third kappa shape index (κ3) is 2.68. The maximum absolute atomic E-state index is 13.0. The molecule has 0 aliphatic carbocycles. The summed E-state index contributed by atoms with van der Waals surface area (Å²) in [6, 6.07) is 4.31. The van der Waals surface area contributed by atoms with E-state index in [0.717, 1.165) is 17.5 Å². The van der Waals surface area contributed by atoms with Crippen LogP contribution in [0.25, 0.3) is 5.69 Å². The summed E-state index contributed by atoms with van der Waals surface area (Å²) in [6.07, 6.45) is -2.82. The molecule has 102 valence electrons. The number of hydrogen-bond donors (Lipinski definition) is 0. The van der Waals surface area contributed by atoms with Crippen molar-refractivity contribution in [3.05, 3.63) is 47.0 Å². The van der Waals surface area contributed by atoms with Crippen molar-refractivity contribution in [3.8, 4) is 5.69 Å². The molecule has 0 aliphatic heterocycles. The van der Waals surface area contributed by atoms with Gasteiger partial charge in [0.05, 0.1) is 17.6 Å². The Hall–Kier alpha value is -1.30. The second kappa shape index (κ2) is 5.00. The van der Waals surface area contributed by atoms with Crippen molar-refractivity contribution in [2.45, 2.75) is 25.4 Å². The molecule has 6 heteroatoms. The molecule has 2 nitrogen and oxygen atoms in total. The fraction of sp³-hybridized carbons (Fsp3) is 0.308. The average molecular weight is 333 g/mol. The standard InChI is InChI=1S/C13H12BrF3N2/c1-8-9(2)19(7-18-8)11-4-3-10(6-14)12(5-11)13(15,16)17/h3-5,7H,6H2,1-2H3. The SMILES string of the molecule is Cc1ncn(-c2ccc(CBr)c(C(F)(F)F)c2)c1C. The molecular formula is C13H12BrF3N2. The first-order valence-electron chi connectivity index (χ1n) is 5.61. The first kappa shape index (κ1) is 14.1. The minimum absolute atomic E-state index is 0.171. The molecule has 0 N–H and O–H groups in total. The largest absolute Gasteiger partial charge is 0.416 e. The topological polar surface area (TPSA) is 17.8 Å². The highest BCUT2D eigenvalue weighted by Crippen LogP contribution is 2.34. The normalized spacial score (nSPS) is 11.9. The van der Waals surface area contributed by atoms with E-state index in [-0.39, 0.29) is 10.9 Å². The van der Waals surface area contributed by atoms with Gasteiger partial charge in [0.1, 0.15) is 0 Å². The fourth-order valence-electron chi connectivity index (χ4n) is 1.85. The highest BCUT2D eigenvalue weighted by Gasteiger charge is 2.33. The Labute approximate surface area is 117 Å². The number of rotatable bonds is 2. The van der Waals surface area contributed by atoms with Gasteiger partial charge in [-0.3, -0.25) is 0 Å². The van der Waals surface area contributed by atoms with Crippen LogP contribution in [-0.2, 0) is 11.5 Å². The minimum Gasteiger partial charge on any atom is -0.303 e. The van der Waals surface area contributed by atoms with Gasteiger partial charge in [-0.25, -0.2) is 4.98 Å². The number of alkyl halides is 4. The Kier molecular flexibility index (Phi) is 3.71. The predicted octanol–water partition coefficient (Wildman–Crippen LogP) is 4.40. The van der Waals surface area contributed by atoms with Crippen molar-refractivity contribution >= 4 is 15.9 Å². The van der Waals surface area contributed by atoms with Crippen molar-refractivity contribution in [2.75, 3.05) is 0 Å². The molecule has 0 radical (unpaired) electrons. The molecule has 0 spiro atoms. The molecule has 0 fully saturated rings. The summed E-state index contributed by atoms with van der Waals surface area (Å²) in [5, 5.41) is 0.171. The summed E-state index contributed by atoms with van der Waals surface area (Å²) in [5.74, 6) is 0. The lowest BCUT2D eigenvalue weighted by molar-refractivity contribution is -0.138. The smallest absolute Gasteiger partial charge is 0.303 e. The number of imidazole rings is 1. The number of aromatic nitrogens is 2. The first-order valence-corrected chi connectivity index (χ1v) is 6.73. The molecule has 0 saturated heterocycles. The Morgan fingerprint density at radius 2 is 1.95 bits per heavy atom. The first-order chi connectivity index (χ1) is 8.84. The fourth-order valence-corrected chi connectivity index (χ4v) is 2.34. The Bertz CT molecular complexity index is 602. The van der Waals surface area contributed by atoms with E-state index in [4.69, 9.17) is 0 Å². The van der Waals surface area contributed by atoms with Gasteiger partial charge < -0.3 is 4.57 Å². The monoisotopic (exact) mass is 332 g/mol. The molecule has 0 unspecified atom stereocenters. The van der Waals surface area contributed by atoms with Crippen LogP contribution in [0.2, 0.25) is 0 Å². The van der Waals surface area contributed by atoms with Crippen LogP contribution in [0.5, 0.6) is 0 Å². The predicted molar refractivity (Wildman–Crippen MR) is 70.7 cm³/mol. The van der Waals surface area contributed by atoms with Crippen molar-refractivity contribution in [1.29, 1.82) is 0 Å². The van der Waals surface area contributed by atoms with E-state index in [9.17, 15) is 13.2 Å². The second-order valence-electron chi connectivity index (χ2n) is 4.26. The molecule has 1 aromatic carbocycles. The summed E-state index contributed by atoms with van der Waals surface area (Å²) >= 11 is 3.08. The molecule has 2 rings (SSSR count). The molecule has 0 saturated carbocycles.